The van der Waals surface area contributed by atoms with Gasteiger partial charge in [0.2, 0.25) is 0 Å². The zero-order valence-corrected chi connectivity index (χ0v) is 17.3. The Kier molecular flexibility index (Phi) is 5.95. The quantitative estimate of drug-likeness (QED) is 0.317. The molecule has 0 fully saturated rings. The Labute approximate surface area is 178 Å². The third-order valence-electron chi connectivity index (χ3n) is 5.15. The van der Waals surface area contributed by atoms with Gasteiger partial charge in [-0.2, -0.15) is 0 Å². The topological polar surface area (TPSA) is 24.7 Å². The van der Waals surface area contributed by atoms with Gasteiger partial charge in [-0.15, -0.1) is 0 Å². The summed E-state index contributed by atoms with van der Waals surface area (Å²) in [5, 5.41) is 0. The van der Waals surface area contributed by atoms with Crippen molar-refractivity contribution in [1.29, 1.82) is 0 Å². The Balaban J connectivity index is 1.46. The van der Waals surface area contributed by atoms with E-state index >= 15 is 0 Å². The lowest BCUT2D eigenvalue weighted by Gasteiger charge is -2.04. The third-order valence-corrected chi connectivity index (χ3v) is 5.15. The van der Waals surface area contributed by atoms with E-state index in [9.17, 15) is 0 Å². The molecule has 4 rings (SSSR count). The molecule has 0 bridgehead atoms. The maximum absolute atomic E-state index is 4.60. The minimum atomic E-state index is 0.946. The smallest absolute Gasteiger partial charge is 0.0630 e. The first kappa shape index (κ1) is 19.5. The number of aliphatic imine (C=N–C) groups is 2. The van der Waals surface area contributed by atoms with Crippen LogP contribution in [-0.2, 0) is 0 Å². The van der Waals surface area contributed by atoms with Crippen molar-refractivity contribution in [2.24, 2.45) is 9.98 Å². The normalized spacial score (nSPS) is 11.4. The SMILES string of the molecule is Cc1ccccc1C=Nc1ccc(-c2ccc(N=Cc3ccccc3C)cc2)cc1. The average molecular weight is 389 g/mol. The Bertz CT molecular complexity index is 1090. The average Bonchev–Trinajstić information content (AvgIpc) is 2.79. The van der Waals surface area contributed by atoms with Gasteiger partial charge in [0.1, 0.15) is 0 Å². The highest BCUT2D eigenvalue weighted by Gasteiger charge is 1.99. The summed E-state index contributed by atoms with van der Waals surface area (Å²) in [4.78, 5) is 9.20. The minimum Gasteiger partial charge on any atom is -0.256 e. The molecule has 0 saturated heterocycles. The van der Waals surface area contributed by atoms with Crippen LogP contribution in [0.2, 0.25) is 0 Å². The van der Waals surface area contributed by atoms with Crippen LogP contribution < -0.4 is 0 Å². The summed E-state index contributed by atoms with van der Waals surface area (Å²) in [6, 6.07) is 33.1. The number of hydrogen-bond donors (Lipinski definition) is 0. The van der Waals surface area contributed by atoms with Gasteiger partial charge < -0.3 is 0 Å². The van der Waals surface area contributed by atoms with Crippen molar-refractivity contribution >= 4 is 23.8 Å². The molecule has 0 N–H and O–H groups in total. The molecule has 0 aromatic heterocycles. The van der Waals surface area contributed by atoms with E-state index in [1.165, 1.54) is 22.3 Å². The van der Waals surface area contributed by atoms with Crippen LogP contribution in [0.5, 0.6) is 0 Å². The van der Waals surface area contributed by atoms with E-state index < -0.39 is 0 Å². The molecular weight excluding hydrogens is 364 g/mol. The molecule has 0 aliphatic rings. The molecule has 4 aromatic carbocycles. The van der Waals surface area contributed by atoms with E-state index in [1.54, 1.807) is 0 Å². The van der Waals surface area contributed by atoms with Gasteiger partial charge in [-0.05, 0) is 71.5 Å². The number of nitrogens with zero attached hydrogens (tertiary/aromatic N) is 2. The second-order valence-corrected chi connectivity index (χ2v) is 7.32. The van der Waals surface area contributed by atoms with Crippen LogP contribution in [0.3, 0.4) is 0 Å². The van der Waals surface area contributed by atoms with Crippen molar-refractivity contribution in [3.8, 4) is 11.1 Å². The number of rotatable bonds is 5. The maximum atomic E-state index is 4.60. The monoisotopic (exact) mass is 388 g/mol. The Hall–Kier alpha value is -3.78. The molecule has 30 heavy (non-hydrogen) atoms. The highest BCUT2D eigenvalue weighted by Crippen LogP contribution is 2.25. The Morgan fingerprint density at radius 1 is 0.467 bits per heavy atom. The van der Waals surface area contributed by atoms with Gasteiger partial charge in [0.25, 0.3) is 0 Å². The molecule has 2 nitrogen and oxygen atoms in total. The fraction of sp³-hybridized carbons (Fsp3) is 0.0714. The summed E-state index contributed by atoms with van der Waals surface area (Å²) >= 11 is 0. The standard InChI is InChI=1S/C28H24N2/c1-21-7-3-5-9-25(21)19-29-27-15-11-23(12-16-27)24-13-17-28(18-14-24)30-20-26-10-6-4-8-22(26)2/h3-20H,1-2H3. The van der Waals surface area contributed by atoms with E-state index in [2.05, 4.69) is 72.4 Å². The van der Waals surface area contributed by atoms with Crippen molar-refractivity contribution in [2.75, 3.05) is 0 Å². The molecule has 0 heterocycles. The fourth-order valence-electron chi connectivity index (χ4n) is 3.23. The molecule has 0 unspecified atom stereocenters. The Morgan fingerprint density at radius 3 is 1.20 bits per heavy atom. The zero-order chi connectivity index (χ0) is 20.8. The molecule has 0 aliphatic carbocycles. The van der Waals surface area contributed by atoms with Crippen molar-refractivity contribution in [3.63, 3.8) is 0 Å². The first-order chi connectivity index (χ1) is 14.7. The molecule has 0 radical (unpaired) electrons. The van der Waals surface area contributed by atoms with Crippen LogP contribution in [0, 0.1) is 13.8 Å². The third kappa shape index (κ3) is 4.79. The van der Waals surface area contributed by atoms with Crippen LogP contribution in [0.25, 0.3) is 11.1 Å². The summed E-state index contributed by atoms with van der Waals surface area (Å²) in [7, 11) is 0. The van der Waals surface area contributed by atoms with Crippen LogP contribution >= 0.6 is 0 Å². The summed E-state index contributed by atoms with van der Waals surface area (Å²) < 4.78 is 0. The largest absolute Gasteiger partial charge is 0.256 e. The molecule has 4 aromatic rings. The van der Waals surface area contributed by atoms with Gasteiger partial charge in [-0.25, -0.2) is 0 Å². The summed E-state index contributed by atoms with van der Waals surface area (Å²) in [5.41, 5.74) is 8.96. The first-order valence-corrected chi connectivity index (χ1v) is 10.1. The van der Waals surface area contributed by atoms with Gasteiger partial charge >= 0.3 is 0 Å². The van der Waals surface area contributed by atoms with Crippen LogP contribution in [0.1, 0.15) is 22.3 Å². The fourth-order valence-corrected chi connectivity index (χ4v) is 3.23. The second kappa shape index (κ2) is 9.15. The van der Waals surface area contributed by atoms with Crippen molar-refractivity contribution in [2.45, 2.75) is 13.8 Å². The van der Waals surface area contributed by atoms with Crippen LogP contribution in [0.4, 0.5) is 11.4 Å². The Morgan fingerprint density at radius 2 is 0.833 bits per heavy atom. The number of aryl methyl sites for hydroxylation is 2. The predicted molar refractivity (Wildman–Crippen MR) is 129 cm³/mol. The lowest BCUT2D eigenvalue weighted by molar-refractivity contribution is 1.43. The van der Waals surface area contributed by atoms with E-state index in [4.69, 9.17) is 0 Å². The zero-order valence-electron chi connectivity index (χ0n) is 17.3. The minimum absolute atomic E-state index is 0.946. The van der Waals surface area contributed by atoms with Gasteiger partial charge in [0.05, 0.1) is 11.4 Å². The second-order valence-electron chi connectivity index (χ2n) is 7.32. The summed E-state index contributed by atoms with van der Waals surface area (Å²) in [6.45, 7) is 4.19. The maximum Gasteiger partial charge on any atom is 0.0630 e. The molecule has 146 valence electrons. The van der Waals surface area contributed by atoms with Gasteiger partial charge in [-0.3, -0.25) is 9.98 Å². The highest BCUT2D eigenvalue weighted by molar-refractivity contribution is 5.84. The van der Waals surface area contributed by atoms with Gasteiger partial charge in [0.15, 0.2) is 0 Å². The summed E-state index contributed by atoms with van der Waals surface area (Å²) in [6.07, 6.45) is 3.84. The van der Waals surface area contributed by atoms with Crippen LogP contribution in [-0.4, -0.2) is 12.4 Å². The van der Waals surface area contributed by atoms with E-state index in [1.807, 2.05) is 61.0 Å². The molecule has 0 saturated carbocycles. The first-order valence-electron chi connectivity index (χ1n) is 10.1. The van der Waals surface area contributed by atoms with Crippen molar-refractivity contribution in [3.05, 3.63) is 119 Å². The molecule has 0 amide bonds. The molecule has 0 aliphatic heterocycles. The summed E-state index contributed by atoms with van der Waals surface area (Å²) in [5.74, 6) is 0. The van der Waals surface area contributed by atoms with E-state index in [0.717, 1.165) is 22.5 Å². The molecular formula is C28H24N2. The number of hydrogen-bond acceptors (Lipinski definition) is 2. The van der Waals surface area contributed by atoms with Crippen molar-refractivity contribution < 1.29 is 0 Å². The van der Waals surface area contributed by atoms with Gasteiger partial charge in [0, 0.05) is 12.4 Å². The lowest BCUT2D eigenvalue weighted by Crippen LogP contribution is -1.85. The number of benzene rings is 4. The van der Waals surface area contributed by atoms with E-state index in [0.29, 0.717) is 0 Å². The highest BCUT2D eigenvalue weighted by atomic mass is 14.7. The van der Waals surface area contributed by atoms with Gasteiger partial charge in [-0.1, -0.05) is 72.8 Å². The molecule has 0 spiro atoms. The predicted octanol–water partition coefficient (Wildman–Crippen LogP) is 7.47. The van der Waals surface area contributed by atoms with E-state index in [-0.39, 0.29) is 0 Å². The molecule has 2 heteroatoms. The lowest BCUT2D eigenvalue weighted by atomic mass is 10.1. The van der Waals surface area contributed by atoms with Crippen molar-refractivity contribution in [1.82, 2.24) is 0 Å². The van der Waals surface area contributed by atoms with Crippen LogP contribution in [0.15, 0.2) is 107 Å². The molecule has 0 atom stereocenters.